The Kier molecular flexibility index (Phi) is 4.98. The predicted molar refractivity (Wildman–Crippen MR) is 78.5 cm³/mol. The standard InChI is InChI=1S/C14H21FN2O3S/c1-11(2)16(3)21(18,19)17-8-9-20-14(10-17)12-4-6-13(15)7-5-12/h4-7,11,14H,8-10H2,1-3H3/t14-/m0/s1. The molecule has 0 spiro atoms. The molecule has 7 heteroatoms. The van der Waals surface area contributed by atoms with Gasteiger partial charge in [-0.2, -0.15) is 17.0 Å². The summed E-state index contributed by atoms with van der Waals surface area (Å²) in [7, 11) is -1.93. The fourth-order valence-electron chi connectivity index (χ4n) is 2.16. The van der Waals surface area contributed by atoms with Crippen molar-refractivity contribution >= 4 is 10.2 Å². The zero-order chi connectivity index (χ0) is 15.6. The lowest BCUT2D eigenvalue weighted by atomic mass is 10.1. The molecule has 0 N–H and O–H groups in total. The zero-order valence-electron chi connectivity index (χ0n) is 12.5. The van der Waals surface area contributed by atoms with Crippen LogP contribution in [0.5, 0.6) is 0 Å². The van der Waals surface area contributed by atoms with Crippen LogP contribution in [0.1, 0.15) is 25.5 Å². The summed E-state index contributed by atoms with van der Waals surface area (Å²) in [6.07, 6.45) is -0.366. The first-order chi connectivity index (χ1) is 9.82. The molecule has 1 saturated heterocycles. The monoisotopic (exact) mass is 316 g/mol. The molecule has 1 aliphatic heterocycles. The molecular weight excluding hydrogens is 295 g/mol. The number of morpholine rings is 1. The third-order valence-corrected chi connectivity index (χ3v) is 5.82. The molecule has 0 aromatic heterocycles. The molecule has 0 amide bonds. The maximum Gasteiger partial charge on any atom is 0.282 e. The average molecular weight is 316 g/mol. The van der Waals surface area contributed by atoms with Gasteiger partial charge < -0.3 is 4.74 Å². The molecule has 0 bridgehead atoms. The molecule has 1 aromatic rings. The summed E-state index contributed by atoms with van der Waals surface area (Å²) in [5, 5.41) is 0. The molecule has 5 nitrogen and oxygen atoms in total. The van der Waals surface area contributed by atoms with Gasteiger partial charge in [-0.3, -0.25) is 0 Å². The maximum atomic E-state index is 13.0. The normalized spacial score (nSPS) is 21.1. The highest BCUT2D eigenvalue weighted by Crippen LogP contribution is 2.25. The first-order valence-electron chi connectivity index (χ1n) is 6.92. The summed E-state index contributed by atoms with van der Waals surface area (Å²) in [6, 6.07) is 5.85. The van der Waals surface area contributed by atoms with Gasteiger partial charge >= 0.3 is 0 Å². The van der Waals surface area contributed by atoms with Gasteiger partial charge in [0.1, 0.15) is 5.82 Å². The van der Waals surface area contributed by atoms with E-state index in [0.717, 1.165) is 5.56 Å². The summed E-state index contributed by atoms with van der Waals surface area (Å²) < 4.78 is 46.3. The Morgan fingerprint density at radius 3 is 2.52 bits per heavy atom. The molecule has 118 valence electrons. The molecule has 0 saturated carbocycles. The number of nitrogens with zero attached hydrogens (tertiary/aromatic N) is 2. The van der Waals surface area contributed by atoms with E-state index in [1.807, 2.05) is 13.8 Å². The quantitative estimate of drug-likeness (QED) is 0.851. The van der Waals surface area contributed by atoms with E-state index in [9.17, 15) is 12.8 Å². The minimum Gasteiger partial charge on any atom is -0.371 e. The van der Waals surface area contributed by atoms with Gasteiger partial charge in [-0.15, -0.1) is 0 Å². The highest BCUT2D eigenvalue weighted by Gasteiger charge is 2.33. The molecule has 1 fully saturated rings. The summed E-state index contributed by atoms with van der Waals surface area (Å²) in [6.45, 7) is 4.56. The Hall–Kier alpha value is -1.02. The van der Waals surface area contributed by atoms with Gasteiger partial charge in [0.15, 0.2) is 0 Å². The lowest BCUT2D eigenvalue weighted by Gasteiger charge is -2.35. The molecule has 0 aliphatic carbocycles. The van der Waals surface area contributed by atoms with Crippen LogP contribution in [-0.2, 0) is 14.9 Å². The van der Waals surface area contributed by atoms with Crippen molar-refractivity contribution in [2.45, 2.75) is 26.0 Å². The van der Waals surface area contributed by atoms with Crippen LogP contribution in [0.4, 0.5) is 4.39 Å². The van der Waals surface area contributed by atoms with E-state index in [0.29, 0.717) is 13.2 Å². The number of benzene rings is 1. The Labute approximate surface area is 125 Å². The van der Waals surface area contributed by atoms with Gasteiger partial charge in [0.2, 0.25) is 0 Å². The highest BCUT2D eigenvalue weighted by atomic mass is 32.2. The van der Waals surface area contributed by atoms with Crippen LogP contribution in [0.2, 0.25) is 0 Å². The maximum absolute atomic E-state index is 13.0. The molecule has 0 unspecified atom stereocenters. The Morgan fingerprint density at radius 2 is 1.95 bits per heavy atom. The summed E-state index contributed by atoms with van der Waals surface area (Å²) in [5.74, 6) is -0.321. The van der Waals surface area contributed by atoms with Gasteiger partial charge in [0.05, 0.1) is 12.7 Å². The van der Waals surface area contributed by atoms with E-state index >= 15 is 0 Å². The van der Waals surface area contributed by atoms with Gasteiger partial charge in [0.25, 0.3) is 10.2 Å². The Balaban J connectivity index is 2.16. The molecular formula is C14H21FN2O3S. The van der Waals surface area contributed by atoms with E-state index in [1.165, 1.54) is 20.7 Å². The highest BCUT2D eigenvalue weighted by molar-refractivity contribution is 7.86. The van der Waals surface area contributed by atoms with E-state index in [1.54, 1.807) is 19.2 Å². The topological polar surface area (TPSA) is 49.9 Å². The molecule has 1 aromatic carbocycles. The van der Waals surface area contributed by atoms with E-state index < -0.39 is 10.2 Å². The van der Waals surface area contributed by atoms with Crippen LogP contribution in [0.25, 0.3) is 0 Å². The summed E-state index contributed by atoms with van der Waals surface area (Å²) in [5.41, 5.74) is 0.781. The first kappa shape index (κ1) is 16.4. The van der Waals surface area contributed by atoms with Crippen LogP contribution < -0.4 is 0 Å². The summed E-state index contributed by atoms with van der Waals surface area (Å²) >= 11 is 0. The fraction of sp³-hybridized carbons (Fsp3) is 0.571. The van der Waals surface area contributed by atoms with Crippen LogP contribution in [0.15, 0.2) is 24.3 Å². The minimum absolute atomic E-state index is 0.109. The van der Waals surface area contributed by atoms with Crippen molar-refractivity contribution in [2.24, 2.45) is 0 Å². The van der Waals surface area contributed by atoms with Crippen molar-refractivity contribution in [1.29, 1.82) is 0 Å². The number of rotatable bonds is 4. The minimum atomic E-state index is -3.50. The molecule has 2 rings (SSSR count). The third kappa shape index (κ3) is 3.60. The molecule has 0 radical (unpaired) electrons. The van der Waals surface area contributed by atoms with Crippen molar-refractivity contribution in [3.05, 3.63) is 35.6 Å². The van der Waals surface area contributed by atoms with Crippen LogP contribution >= 0.6 is 0 Å². The van der Waals surface area contributed by atoms with Crippen molar-refractivity contribution in [3.8, 4) is 0 Å². The third-order valence-electron chi connectivity index (χ3n) is 3.69. The van der Waals surface area contributed by atoms with Crippen molar-refractivity contribution in [2.75, 3.05) is 26.7 Å². The SMILES string of the molecule is CC(C)N(C)S(=O)(=O)N1CCO[C@H](c2ccc(F)cc2)C1. The van der Waals surface area contributed by atoms with Crippen LogP contribution in [0.3, 0.4) is 0 Å². The Morgan fingerprint density at radius 1 is 1.33 bits per heavy atom. The van der Waals surface area contributed by atoms with Gasteiger partial charge in [-0.05, 0) is 31.5 Å². The van der Waals surface area contributed by atoms with Crippen molar-refractivity contribution in [1.82, 2.24) is 8.61 Å². The van der Waals surface area contributed by atoms with Crippen molar-refractivity contribution < 1.29 is 17.5 Å². The molecule has 21 heavy (non-hydrogen) atoms. The largest absolute Gasteiger partial charge is 0.371 e. The van der Waals surface area contributed by atoms with Crippen LogP contribution in [-0.4, -0.2) is 49.8 Å². The van der Waals surface area contributed by atoms with Crippen LogP contribution in [0, 0.1) is 5.82 Å². The fourth-order valence-corrected chi connectivity index (χ4v) is 3.69. The molecule has 1 aliphatic rings. The van der Waals surface area contributed by atoms with Gasteiger partial charge in [-0.1, -0.05) is 12.1 Å². The van der Waals surface area contributed by atoms with Crippen molar-refractivity contribution in [3.63, 3.8) is 0 Å². The number of halogens is 1. The lowest BCUT2D eigenvalue weighted by Crippen LogP contribution is -2.49. The number of hydrogen-bond donors (Lipinski definition) is 0. The second-order valence-corrected chi connectivity index (χ2v) is 7.37. The second kappa shape index (κ2) is 6.39. The van der Waals surface area contributed by atoms with E-state index in [-0.39, 0.29) is 24.5 Å². The van der Waals surface area contributed by atoms with E-state index in [4.69, 9.17) is 4.74 Å². The predicted octanol–water partition coefficient (Wildman–Crippen LogP) is 1.78. The smallest absolute Gasteiger partial charge is 0.282 e. The second-order valence-electron chi connectivity index (χ2n) is 5.39. The Bertz CT molecular complexity index is 574. The first-order valence-corrected chi connectivity index (χ1v) is 8.32. The number of hydrogen-bond acceptors (Lipinski definition) is 3. The lowest BCUT2D eigenvalue weighted by molar-refractivity contribution is -0.00437. The molecule has 1 atom stereocenters. The average Bonchev–Trinajstić information content (AvgIpc) is 2.47. The summed E-state index contributed by atoms with van der Waals surface area (Å²) in [4.78, 5) is 0. The van der Waals surface area contributed by atoms with E-state index in [2.05, 4.69) is 0 Å². The number of ether oxygens (including phenoxy) is 1. The zero-order valence-corrected chi connectivity index (χ0v) is 13.3. The van der Waals surface area contributed by atoms with Gasteiger partial charge in [0, 0.05) is 26.2 Å². The van der Waals surface area contributed by atoms with Gasteiger partial charge in [-0.25, -0.2) is 4.39 Å². The molecule has 1 heterocycles.